The van der Waals surface area contributed by atoms with Crippen LogP contribution in [0.3, 0.4) is 0 Å². The summed E-state index contributed by atoms with van der Waals surface area (Å²) >= 11 is 11.8. The second-order valence-corrected chi connectivity index (χ2v) is 4.82. The van der Waals surface area contributed by atoms with E-state index in [1.165, 1.54) is 5.56 Å². The molecular weight excluding hydrogens is 255 g/mol. The molecule has 0 spiro atoms. The van der Waals surface area contributed by atoms with Gasteiger partial charge in [-0.3, -0.25) is 0 Å². The quantitative estimate of drug-likeness (QED) is 0.743. The summed E-state index contributed by atoms with van der Waals surface area (Å²) in [5.74, 6) is 0. The molecule has 0 amide bonds. The lowest BCUT2D eigenvalue weighted by molar-refractivity contribution is 0.609. The first-order valence-electron chi connectivity index (χ1n) is 5.65. The Labute approximate surface area is 111 Å². The van der Waals surface area contributed by atoms with Gasteiger partial charge in [0, 0.05) is 18.9 Å². The second-order valence-electron chi connectivity index (χ2n) is 4.01. The van der Waals surface area contributed by atoms with Crippen LogP contribution in [0.25, 0.3) is 0 Å². The number of imidazole rings is 1. The van der Waals surface area contributed by atoms with E-state index in [9.17, 15) is 0 Å². The zero-order chi connectivity index (χ0) is 12.1. The number of rotatable bonds is 5. The third kappa shape index (κ3) is 3.76. The van der Waals surface area contributed by atoms with Crippen LogP contribution in [-0.2, 0) is 13.0 Å². The number of aromatic nitrogens is 2. The molecule has 0 aliphatic carbocycles. The molecule has 1 heterocycles. The predicted molar refractivity (Wildman–Crippen MR) is 71.6 cm³/mol. The van der Waals surface area contributed by atoms with Crippen molar-refractivity contribution in [3.63, 3.8) is 0 Å². The molecule has 4 heteroatoms. The summed E-state index contributed by atoms with van der Waals surface area (Å²) in [4.78, 5) is 4.01. The highest BCUT2D eigenvalue weighted by Crippen LogP contribution is 2.23. The van der Waals surface area contributed by atoms with Gasteiger partial charge in [-0.25, -0.2) is 4.98 Å². The van der Waals surface area contributed by atoms with Crippen LogP contribution in [0.2, 0.25) is 10.0 Å². The topological polar surface area (TPSA) is 17.8 Å². The second kappa shape index (κ2) is 6.08. The molecule has 0 saturated carbocycles. The number of hydrogen-bond donors (Lipinski definition) is 0. The SMILES string of the molecule is Clc1ccc(CCCCn2ccnc2)cc1Cl. The fourth-order valence-electron chi connectivity index (χ4n) is 1.74. The zero-order valence-electron chi connectivity index (χ0n) is 9.44. The summed E-state index contributed by atoms with van der Waals surface area (Å²) in [5, 5.41) is 1.26. The van der Waals surface area contributed by atoms with Gasteiger partial charge in [-0.1, -0.05) is 29.3 Å². The predicted octanol–water partition coefficient (Wildman–Crippen LogP) is 4.21. The Morgan fingerprint density at radius 3 is 2.71 bits per heavy atom. The number of unbranched alkanes of at least 4 members (excludes halogenated alkanes) is 1. The van der Waals surface area contributed by atoms with Gasteiger partial charge in [-0.2, -0.15) is 0 Å². The summed E-state index contributed by atoms with van der Waals surface area (Å²) in [7, 11) is 0. The molecule has 0 saturated heterocycles. The molecule has 0 fully saturated rings. The van der Waals surface area contributed by atoms with E-state index in [-0.39, 0.29) is 0 Å². The van der Waals surface area contributed by atoms with Crippen LogP contribution >= 0.6 is 23.2 Å². The fourth-order valence-corrected chi connectivity index (χ4v) is 2.06. The highest BCUT2D eigenvalue weighted by Gasteiger charge is 1.99. The minimum atomic E-state index is 0.619. The minimum absolute atomic E-state index is 0.619. The van der Waals surface area contributed by atoms with Crippen molar-refractivity contribution in [1.82, 2.24) is 9.55 Å². The van der Waals surface area contributed by atoms with Gasteiger partial charge in [0.2, 0.25) is 0 Å². The van der Waals surface area contributed by atoms with E-state index >= 15 is 0 Å². The molecule has 0 aliphatic rings. The van der Waals surface area contributed by atoms with E-state index in [1.54, 1.807) is 6.20 Å². The van der Waals surface area contributed by atoms with Gasteiger partial charge in [-0.15, -0.1) is 0 Å². The minimum Gasteiger partial charge on any atom is -0.337 e. The van der Waals surface area contributed by atoms with Gasteiger partial charge in [0.25, 0.3) is 0 Å². The van der Waals surface area contributed by atoms with Crippen molar-refractivity contribution in [2.24, 2.45) is 0 Å². The van der Waals surface area contributed by atoms with Gasteiger partial charge in [0.05, 0.1) is 16.4 Å². The smallest absolute Gasteiger partial charge is 0.0945 e. The number of aryl methyl sites for hydroxylation is 2. The van der Waals surface area contributed by atoms with E-state index in [0.717, 1.165) is 25.8 Å². The Kier molecular flexibility index (Phi) is 4.46. The Hall–Kier alpha value is -0.990. The average Bonchev–Trinajstić information content (AvgIpc) is 2.82. The van der Waals surface area contributed by atoms with Gasteiger partial charge < -0.3 is 4.57 Å². The van der Waals surface area contributed by atoms with E-state index in [0.29, 0.717) is 10.0 Å². The molecule has 90 valence electrons. The van der Waals surface area contributed by atoms with Crippen LogP contribution in [0.4, 0.5) is 0 Å². The molecule has 0 radical (unpaired) electrons. The molecule has 2 nitrogen and oxygen atoms in total. The van der Waals surface area contributed by atoms with Crippen LogP contribution in [0, 0.1) is 0 Å². The average molecular weight is 269 g/mol. The Bertz CT molecular complexity index is 466. The number of nitrogens with zero attached hydrogens (tertiary/aromatic N) is 2. The third-order valence-electron chi connectivity index (χ3n) is 2.67. The van der Waals surface area contributed by atoms with Crippen molar-refractivity contribution in [3.8, 4) is 0 Å². The molecule has 0 atom stereocenters. The Balaban J connectivity index is 1.76. The van der Waals surface area contributed by atoms with E-state index in [4.69, 9.17) is 23.2 Å². The monoisotopic (exact) mass is 268 g/mol. The first-order valence-corrected chi connectivity index (χ1v) is 6.41. The summed E-state index contributed by atoms with van der Waals surface area (Å²) in [6.07, 6.45) is 8.94. The highest BCUT2D eigenvalue weighted by atomic mass is 35.5. The fraction of sp³-hybridized carbons (Fsp3) is 0.308. The zero-order valence-corrected chi connectivity index (χ0v) is 11.0. The summed E-state index contributed by atoms with van der Waals surface area (Å²) in [5.41, 5.74) is 1.24. The third-order valence-corrected chi connectivity index (χ3v) is 3.41. The lowest BCUT2D eigenvalue weighted by Gasteiger charge is -2.04. The first-order chi connectivity index (χ1) is 8.25. The lowest BCUT2D eigenvalue weighted by Crippen LogP contribution is -1.95. The molecular formula is C13H14Cl2N2. The van der Waals surface area contributed by atoms with Crippen molar-refractivity contribution in [2.75, 3.05) is 0 Å². The molecule has 0 unspecified atom stereocenters. The van der Waals surface area contributed by atoms with Crippen LogP contribution in [0.15, 0.2) is 36.9 Å². The molecule has 0 aliphatic heterocycles. The number of benzene rings is 1. The van der Waals surface area contributed by atoms with E-state index in [1.807, 2.05) is 30.7 Å². The van der Waals surface area contributed by atoms with E-state index < -0.39 is 0 Å². The van der Waals surface area contributed by atoms with Crippen molar-refractivity contribution in [2.45, 2.75) is 25.8 Å². The summed E-state index contributed by atoms with van der Waals surface area (Å²) < 4.78 is 2.09. The molecule has 1 aromatic heterocycles. The standard InChI is InChI=1S/C13H14Cl2N2/c14-12-5-4-11(9-13(12)15)3-1-2-7-17-8-6-16-10-17/h4-6,8-10H,1-3,7H2. The molecule has 0 bridgehead atoms. The lowest BCUT2D eigenvalue weighted by atomic mass is 10.1. The van der Waals surface area contributed by atoms with Gasteiger partial charge in [0.15, 0.2) is 0 Å². The van der Waals surface area contributed by atoms with Crippen LogP contribution in [0.1, 0.15) is 18.4 Å². The maximum Gasteiger partial charge on any atom is 0.0945 e. The summed E-state index contributed by atoms with van der Waals surface area (Å²) in [6.45, 7) is 1.02. The number of halogens is 2. The van der Waals surface area contributed by atoms with Crippen molar-refractivity contribution < 1.29 is 0 Å². The molecule has 2 aromatic rings. The normalized spacial score (nSPS) is 10.7. The summed E-state index contributed by atoms with van der Waals surface area (Å²) in [6, 6.07) is 5.83. The van der Waals surface area contributed by atoms with Crippen LogP contribution < -0.4 is 0 Å². The van der Waals surface area contributed by atoms with Crippen molar-refractivity contribution in [1.29, 1.82) is 0 Å². The maximum atomic E-state index is 5.96. The molecule has 2 rings (SSSR count). The molecule has 0 N–H and O–H groups in total. The highest BCUT2D eigenvalue weighted by molar-refractivity contribution is 6.42. The van der Waals surface area contributed by atoms with Gasteiger partial charge in [-0.05, 0) is 37.0 Å². The molecule has 17 heavy (non-hydrogen) atoms. The van der Waals surface area contributed by atoms with Crippen molar-refractivity contribution >= 4 is 23.2 Å². The van der Waals surface area contributed by atoms with E-state index in [2.05, 4.69) is 9.55 Å². The van der Waals surface area contributed by atoms with Crippen LogP contribution in [0.5, 0.6) is 0 Å². The largest absolute Gasteiger partial charge is 0.337 e. The van der Waals surface area contributed by atoms with Crippen LogP contribution in [-0.4, -0.2) is 9.55 Å². The Morgan fingerprint density at radius 1 is 1.12 bits per heavy atom. The number of hydrogen-bond acceptors (Lipinski definition) is 1. The van der Waals surface area contributed by atoms with Gasteiger partial charge >= 0.3 is 0 Å². The maximum absolute atomic E-state index is 5.96. The van der Waals surface area contributed by atoms with Gasteiger partial charge in [0.1, 0.15) is 0 Å². The first kappa shape index (κ1) is 12.5. The molecule has 1 aromatic carbocycles. The Morgan fingerprint density at radius 2 is 2.00 bits per heavy atom. The van der Waals surface area contributed by atoms with Crippen molar-refractivity contribution in [3.05, 3.63) is 52.5 Å².